The fourth-order valence-corrected chi connectivity index (χ4v) is 4.98. The monoisotopic (exact) mass is 473 g/mol. The van der Waals surface area contributed by atoms with Crippen molar-refractivity contribution in [3.8, 4) is 5.75 Å². The molecule has 0 aliphatic carbocycles. The molecule has 1 atom stereocenters. The van der Waals surface area contributed by atoms with Gasteiger partial charge < -0.3 is 30.7 Å². The summed E-state index contributed by atoms with van der Waals surface area (Å²) in [5.74, 6) is 1.18. The van der Waals surface area contributed by atoms with Crippen molar-refractivity contribution in [2.45, 2.75) is 24.9 Å². The average molecular weight is 474 g/mol. The number of halogens is 2. The summed E-state index contributed by atoms with van der Waals surface area (Å²) in [6.07, 6.45) is 3.20. The Bertz CT molecular complexity index is 1070. The summed E-state index contributed by atoms with van der Waals surface area (Å²) in [5.41, 5.74) is 9.24. The number of fused-ring (bicyclic) bond motifs is 1. The number of nitrogens with one attached hydrogen (secondary N) is 2. The molecule has 0 radical (unpaired) electrons. The maximum Gasteiger partial charge on any atom is 0.144 e. The van der Waals surface area contributed by atoms with Gasteiger partial charge in [0.2, 0.25) is 0 Å². The molecule has 2 aromatic rings. The van der Waals surface area contributed by atoms with Gasteiger partial charge in [-0.25, -0.2) is 9.38 Å². The molecule has 3 heterocycles. The Morgan fingerprint density at radius 1 is 1.33 bits per heavy atom. The van der Waals surface area contributed by atoms with Crippen molar-refractivity contribution < 1.29 is 13.9 Å². The molecule has 3 aliphatic rings. The highest BCUT2D eigenvalue weighted by Gasteiger charge is 2.42. The van der Waals surface area contributed by atoms with Crippen molar-refractivity contribution in [1.29, 1.82) is 0 Å². The van der Waals surface area contributed by atoms with E-state index in [-0.39, 0.29) is 10.6 Å². The van der Waals surface area contributed by atoms with Gasteiger partial charge in [-0.3, -0.25) is 0 Å². The topological polar surface area (TPSA) is 84.1 Å². The number of aliphatic imine (C=N–C) groups is 1. The average Bonchev–Trinajstić information content (AvgIpc) is 3.20. The van der Waals surface area contributed by atoms with E-state index in [4.69, 9.17) is 26.8 Å². The van der Waals surface area contributed by atoms with Crippen LogP contribution in [0.4, 0.5) is 21.5 Å². The van der Waals surface area contributed by atoms with E-state index in [0.29, 0.717) is 42.2 Å². The highest BCUT2D eigenvalue weighted by atomic mass is 35.5. The summed E-state index contributed by atoms with van der Waals surface area (Å²) >= 11 is 5.91. The lowest BCUT2D eigenvalue weighted by atomic mass is 9.86. The summed E-state index contributed by atoms with van der Waals surface area (Å²) in [7, 11) is 2.16. The number of rotatable bonds is 4. The third-order valence-electron chi connectivity index (χ3n) is 6.75. The Balaban J connectivity index is 1.25. The summed E-state index contributed by atoms with van der Waals surface area (Å²) in [4.78, 5) is 6.85. The first-order valence-electron chi connectivity index (χ1n) is 11.3. The molecule has 0 aromatic heterocycles. The van der Waals surface area contributed by atoms with Crippen LogP contribution in [-0.2, 0) is 4.74 Å². The number of benzene rings is 2. The van der Waals surface area contributed by atoms with Crippen molar-refractivity contribution in [3.05, 3.63) is 46.7 Å². The Labute approximate surface area is 198 Å². The van der Waals surface area contributed by atoms with Crippen molar-refractivity contribution in [2.75, 3.05) is 56.4 Å². The number of piperidine rings is 1. The first kappa shape index (κ1) is 22.3. The summed E-state index contributed by atoms with van der Waals surface area (Å²) < 4.78 is 25.9. The number of ether oxygens (including phenoxy) is 2. The third-order valence-corrected chi connectivity index (χ3v) is 7.04. The van der Waals surface area contributed by atoms with E-state index in [9.17, 15) is 4.39 Å². The van der Waals surface area contributed by atoms with Crippen molar-refractivity contribution in [2.24, 2.45) is 10.9 Å². The molecule has 5 rings (SSSR count). The maximum absolute atomic E-state index is 13.5. The second-order valence-electron chi connectivity index (χ2n) is 9.21. The molecular formula is C24H29ClFN5O2. The van der Waals surface area contributed by atoms with Crippen LogP contribution < -0.4 is 21.1 Å². The zero-order valence-electron chi connectivity index (χ0n) is 18.7. The summed E-state index contributed by atoms with van der Waals surface area (Å²) in [6, 6.07) is 8.23. The highest BCUT2D eigenvalue weighted by Crippen LogP contribution is 2.39. The minimum atomic E-state index is -0.463. The van der Waals surface area contributed by atoms with Crippen LogP contribution in [0.15, 0.2) is 35.3 Å². The molecule has 1 spiro atoms. The molecule has 176 valence electrons. The Kier molecular flexibility index (Phi) is 6.07. The normalized spacial score (nSPS) is 21.9. The molecule has 0 amide bonds. The SMILES string of the molecule is CN1CCC2(CC1)CC(COc1cc3c(cc1N)C(Nc1ccc(F)c(Cl)c1)=NCN3)CO2. The molecular weight excluding hydrogens is 445 g/mol. The van der Waals surface area contributed by atoms with E-state index in [1.54, 1.807) is 6.07 Å². The van der Waals surface area contributed by atoms with Crippen molar-refractivity contribution >= 4 is 34.5 Å². The summed E-state index contributed by atoms with van der Waals surface area (Å²) in [6.45, 7) is 3.88. The largest absolute Gasteiger partial charge is 0.491 e. The molecule has 2 aromatic carbocycles. The number of likely N-dealkylation sites (tertiary alicyclic amines) is 1. The Hall–Kier alpha value is -2.55. The Morgan fingerprint density at radius 3 is 2.94 bits per heavy atom. The van der Waals surface area contributed by atoms with E-state index in [2.05, 4.69) is 27.6 Å². The number of hydrogen-bond acceptors (Lipinski definition) is 7. The van der Waals surface area contributed by atoms with Crippen LogP contribution >= 0.6 is 11.6 Å². The van der Waals surface area contributed by atoms with E-state index in [1.807, 2.05) is 12.1 Å². The number of nitrogens with two attached hydrogens (primary N) is 1. The lowest BCUT2D eigenvalue weighted by Gasteiger charge is -2.37. The fraction of sp³-hybridized carbons (Fsp3) is 0.458. The predicted octanol–water partition coefficient (Wildman–Crippen LogP) is 4.18. The second kappa shape index (κ2) is 9.00. The van der Waals surface area contributed by atoms with Gasteiger partial charge in [0.15, 0.2) is 0 Å². The van der Waals surface area contributed by atoms with Gasteiger partial charge in [-0.1, -0.05) is 11.6 Å². The van der Waals surface area contributed by atoms with Crippen molar-refractivity contribution in [3.63, 3.8) is 0 Å². The van der Waals surface area contributed by atoms with Gasteiger partial charge >= 0.3 is 0 Å². The third kappa shape index (κ3) is 4.74. The van der Waals surface area contributed by atoms with Gasteiger partial charge in [0.05, 0.1) is 35.2 Å². The minimum Gasteiger partial charge on any atom is -0.491 e. The van der Waals surface area contributed by atoms with E-state index in [1.165, 1.54) is 12.1 Å². The molecule has 0 saturated carbocycles. The first-order valence-corrected chi connectivity index (χ1v) is 11.7. The zero-order valence-corrected chi connectivity index (χ0v) is 19.4. The maximum atomic E-state index is 13.5. The van der Waals surface area contributed by atoms with Crippen molar-refractivity contribution in [1.82, 2.24) is 4.90 Å². The molecule has 1 unspecified atom stereocenters. The predicted molar refractivity (Wildman–Crippen MR) is 130 cm³/mol. The number of anilines is 3. The first-order chi connectivity index (χ1) is 15.9. The van der Waals surface area contributed by atoms with Gasteiger partial charge in [0.25, 0.3) is 0 Å². The van der Waals surface area contributed by atoms with Gasteiger partial charge in [-0.15, -0.1) is 0 Å². The molecule has 3 aliphatic heterocycles. The van der Waals surface area contributed by atoms with Crippen LogP contribution in [0, 0.1) is 11.7 Å². The zero-order chi connectivity index (χ0) is 23.0. The van der Waals surface area contributed by atoms with Gasteiger partial charge in [0.1, 0.15) is 24.1 Å². The fourth-order valence-electron chi connectivity index (χ4n) is 4.80. The highest BCUT2D eigenvalue weighted by molar-refractivity contribution is 6.31. The van der Waals surface area contributed by atoms with Crippen LogP contribution in [0.1, 0.15) is 24.8 Å². The van der Waals surface area contributed by atoms with E-state index >= 15 is 0 Å². The molecule has 4 N–H and O–H groups in total. The van der Waals surface area contributed by atoms with Crippen LogP contribution in [-0.4, -0.2) is 56.4 Å². The second-order valence-corrected chi connectivity index (χ2v) is 9.62. The number of hydrogen-bond donors (Lipinski definition) is 3. The molecule has 2 saturated heterocycles. The van der Waals surface area contributed by atoms with E-state index < -0.39 is 5.82 Å². The van der Waals surface area contributed by atoms with Gasteiger partial charge in [-0.2, -0.15) is 0 Å². The quantitative estimate of drug-likeness (QED) is 0.578. The summed E-state index contributed by atoms with van der Waals surface area (Å²) in [5, 5.41) is 6.53. The number of nitrogens with zero attached hydrogens (tertiary/aromatic N) is 2. The number of nitrogen functional groups attached to an aromatic ring is 1. The molecule has 0 bridgehead atoms. The van der Waals surface area contributed by atoms with Gasteiger partial charge in [0, 0.05) is 36.3 Å². The van der Waals surface area contributed by atoms with Crippen LogP contribution in [0.3, 0.4) is 0 Å². The smallest absolute Gasteiger partial charge is 0.144 e. The van der Waals surface area contributed by atoms with Gasteiger partial charge in [-0.05, 0) is 50.6 Å². The molecule has 9 heteroatoms. The van der Waals surface area contributed by atoms with Crippen LogP contribution in [0.25, 0.3) is 0 Å². The van der Waals surface area contributed by atoms with Crippen LogP contribution in [0.2, 0.25) is 5.02 Å². The Morgan fingerprint density at radius 2 is 2.15 bits per heavy atom. The van der Waals surface area contributed by atoms with E-state index in [0.717, 1.165) is 50.2 Å². The number of amidine groups is 1. The lowest BCUT2D eigenvalue weighted by molar-refractivity contribution is -0.0396. The van der Waals surface area contributed by atoms with Crippen LogP contribution in [0.5, 0.6) is 5.75 Å². The molecule has 2 fully saturated rings. The minimum absolute atomic E-state index is 0.0176. The lowest BCUT2D eigenvalue weighted by Crippen LogP contribution is -2.42. The standard InChI is InChI=1S/C24H29ClFN5O2/c1-31-6-4-24(5-7-31)11-15(13-33-24)12-32-22-10-21-17(9-20(22)27)23(29-14-28-21)30-16-2-3-19(26)18(25)8-16/h2-3,8-10,15,28H,4-7,11-14,27H2,1H3,(H,29,30). The molecule has 33 heavy (non-hydrogen) atoms. The molecule has 7 nitrogen and oxygen atoms in total.